The Bertz CT molecular complexity index is 259. The SMILES string of the molecule is CC1CC(N2CCCN3CCCC3C2)CCO1. The van der Waals surface area contributed by atoms with Gasteiger partial charge in [0.15, 0.2) is 0 Å². The van der Waals surface area contributed by atoms with Crippen molar-refractivity contribution in [2.75, 3.05) is 32.8 Å². The van der Waals surface area contributed by atoms with E-state index >= 15 is 0 Å². The molecule has 3 aliphatic rings. The Morgan fingerprint density at radius 1 is 0.941 bits per heavy atom. The molecule has 0 aromatic rings. The Morgan fingerprint density at radius 3 is 2.65 bits per heavy atom. The normalized spacial score (nSPS) is 41.1. The minimum atomic E-state index is 0.469. The molecule has 0 spiro atoms. The number of hydrogen-bond acceptors (Lipinski definition) is 3. The lowest BCUT2D eigenvalue weighted by Gasteiger charge is -2.37. The fraction of sp³-hybridized carbons (Fsp3) is 1.00. The average molecular weight is 238 g/mol. The summed E-state index contributed by atoms with van der Waals surface area (Å²) in [5.74, 6) is 0. The summed E-state index contributed by atoms with van der Waals surface area (Å²) in [6.45, 7) is 8.51. The number of rotatable bonds is 1. The van der Waals surface area contributed by atoms with Crippen LogP contribution in [0.4, 0.5) is 0 Å². The monoisotopic (exact) mass is 238 g/mol. The van der Waals surface area contributed by atoms with Crippen molar-refractivity contribution >= 4 is 0 Å². The number of fused-ring (bicyclic) bond motifs is 1. The van der Waals surface area contributed by atoms with Gasteiger partial charge < -0.3 is 4.74 Å². The van der Waals surface area contributed by atoms with Gasteiger partial charge in [0.1, 0.15) is 0 Å². The summed E-state index contributed by atoms with van der Waals surface area (Å²) in [6, 6.07) is 1.65. The molecule has 0 aromatic carbocycles. The van der Waals surface area contributed by atoms with Crippen LogP contribution in [-0.2, 0) is 4.74 Å². The summed E-state index contributed by atoms with van der Waals surface area (Å²) in [5, 5.41) is 0. The summed E-state index contributed by atoms with van der Waals surface area (Å²) in [5.41, 5.74) is 0. The molecule has 0 aromatic heterocycles. The number of nitrogens with zero attached hydrogens (tertiary/aromatic N) is 2. The molecule has 3 fully saturated rings. The molecule has 0 radical (unpaired) electrons. The lowest BCUT2D eigenvalue weighted by atomic mass is 10.0. The van der Waals surface area contributed by atoms with Crippen LogP contribution >= 0.6 is 0 Å². The van der Waals surface area contributed by atoms with E-state index in [9.17, 15) is 0 Å². The molecule has 3 heteroatoms. The first-order chi connectivity index (χ1) is 8.33. The lowest BCUT2D eigenvalue weighted by Crippen LogP contribution is -2.45. The van der Waals surface area contributed by atoms with Crippen molar-refractivity contribution in [3.05, 3.63) is 0 Å². The van der Waals surface area contributed by atoms with E-state index in [0.29, 0.717) is 6.10 Å². The predicted molar refractivity (Wildman–Crippen MR) is 69.2 cm³/mol. The second-order valence-corrected chi connectivity index (χ2v) is 6.04. The van der Waals surface area contributed by atoms with Gasteiger partial charge in [-0.25, -0.2) is 0 Å². The van der Waals surface area contributed by atoms with E-state index in [1.165, 1.54) is 58.3 Å². The van der Waals surface area contributed by atoms with Gasteiger partial charge in [-0.3, -0.25) is 9.80 Å². The molecule has 17 heavy (non-hydrogen) atoms. The van der Waals surface area contributed by atoms with Gasteiger partial charge in [-0.2, -0.15) is 0 Å². The van der Waals surface area contributed by atoms with Crippen molar-refractivity contribution in [1.29, 1.82) is 0 Å². The van der Waals surface area contributed by atoms with Crippen LogP contribution in [0, 0.1) is 0 Å². The Hall–Kier alpha value is -0.120. The number of hydrogen-bond donors (Lipinski definition) is 0. The first kappa shape index (κ1) is 11.9. The zero-order chi connectivity index (χ0) is 11.7. The van der Waals surface area contributed by atoms with Crippen molar-refractivity contribution in [1.82, 2.24) is 9.80 Å². The zero-order valence-corrected chi connectivity index (χ0v) is 11.1. The van der Waals surface area contributed by atoms with Gasteiger partial charge in [-0.15, -0.1) is 0 Å². The third kappa shape index (κ3) is 2.67. The molecular formula is C14H26N2O. The highest BCUT2D eigenvalue weighted by atomic mass is 16.5. The molecule has 3 saturated heterocycles. The van der Waals surface area contributed by atoms with Crippen molar-refractivity contribution in [2.24, 2.45) is 0 Å². The average Bonchev–Trinajstić information content (AvgIpc) is 2.66. The fourth-order valence-electron chi connectivity index (χ4n) is 3.87. The molecule has 0 saturated carbocycles. The van der Waals surface area contributed by atoms with Crippen molar-refractivity contribution in [3.63, 3.8) is 0 Å². The molecule has 0 aliphatic carbocycles. The minimum Gasteiger partial charge on any atom is -0.378 e. The van der Waals surface area contributed by atoms with Crippen molar-refractivity contribution in [3.8, 4) is 0 Å². The molecular weight excluding hydrogens is 212 g/mol. The van der Waals surface area contributed by atoms with Crippen LogP contribution in [0.2, 0.25) is 0 Å². The maximum Gasteiger partial charge on any atom is 0.0561 e. The molecule has 3 rings (SSSR count). The molecule has 3 aliphatic heterocycles. The highest BCUT2D eigenvalue weighted by Crippen LogP contribution is 2.26. The molecule has 3 atom stereocenters. The largest absolute Gasteiger partial charge is 0.378 e. The first-order valence-electron chi connectivity index (χ1n) is 7.42. The standard InChI is InChI=1S/C14H26N2O/c1-12-10-13(5-9-17-12)16-8-3-7-15-6-2-4-14(15)11-16/h12-14H,2-11H2,1H3. The topological polar surface area (TPSA) is 15.7 Å². The first-order valence-corrected chi connectivity index (χ1v) is 7.42. The van der Waals surface area contributed by atoms with Gasteiger partial charge in [-0.1, -0.05) is 0 Å². The quantitative estimate of drug-likeness (QED) is 0.692. The van der Waals surface area contributed by atoms with Gasteiger partial charge in [0.2, 0.25) is 0 Å². The molecule has 3 nitrogen and oxygen atoms in total. The smallest absolute Gasteiger partial charge is 0.0561 e. The Morgan fingerprint density at radius 2 is 1.76 bits per heavy atom. The molecule has 0 bridgehead atoms. The van der Waals surface area contributed by atoms with Crippen molar-refractivity contribution < 1.29 is 4.74 Å². The van der Waals surface area contributed by atoms with Gasteiger partial charge in [0.25, 0.3) is 0 Å². The van der Waals surface area contributed by atoms with E-state index in [1.54, 1.807) is 0 Å². The summed E-state index contributed by atoms with van der Waals surface area (Å²) >= 11 is 0. The summed E-state index contributed by atoms with van der Waals surface area (Å²) in [7, 11) is 0. The third-order valence-corrected chi connectivity index (χ3v) is 4.81. The van der Waals surface area contributed by atoms with Crippen LogP contribution in [0.15, 0.2) is 0 Å². The van der Waals surface area contributed by atoms with E-state index in [-0.39, 0.29) is 0 Å². The second-order valence-electron chi connectivity index (χ2n) is 6.04. The van der Waals surface area contributed by atoms with E-state index in [0.717, 1.165) is 18.7 Å². The summed E-state index contributed by atoms with van der Waals surface area (Å²) < 4.78 is 5.68. The van der Waals surface area contributed by atoms with E-state index in [4.69, 9.17) is 4.74 Å². The zero-order valence-electron chi connectivity index (χ0n) is 11.1. The van der Waals surface area contributed by atoms with Crippen LogP contribution in [0.1, 0.15) is 39.0 Å². The van der Waals surface area contributed by atoms with Gasteiger partial charge in [0, 0.05) is 25.2 Å². The highest BCUT2D eigenvalue weighted by molar-refractivity contribution is 4.88. The van der Waals surface area contributed by atoms with Gasteiger partial charge in [-0.05, 0) is 58.7 Å². The summed E-state index contributed by atoms with van der Waals surface area (Å²) in [4.78, 5) is 5.50. The third-order valence-electron chi connectivity index (χ3n) is 4.81. The highest BCUT2D eigenvalue weighted by Gasteiger charge is 2.32. The van der Waals surface area contributed by atoms with Crippen molar-refractivity contribution in [2.45, 2.75) is 57.2 Å². The molecule has 3 unspecified atom stereocenters. The Balaban J connectivity index is 1.62. The fourth-order valence-corrected chi connectivity index (χ4v) is 3.87. The predicted octanol–water partition coefficient (Wildman–Crippen LogP) is 1.72. The molecule has 0 amide bonds. The summed E-state index contributed by atoms with van der Waals surface area (Å²) in [6.07, 6.45) is 7.17. The van der Waals surface area contributed by atoms with Crippen LogP contribution in [0.5, 0.6) is 0 Å². The Kier molecular flexibility index (Phi) is 3.69. The van der Waals surface area contributed by atoms with E-state index < -0.39 is 0 Å². The maximum atomic E-state index is 5.68. The minimum absolute atomic E-state index is 0.469. The second kappa shape index (κ2) is 5.25. The van der Waals surface area contributed by atoms with Crippen LogP contribution in [0.3, 0.4) is 0 Å². The van der Waals surface area contributed by atoms with Crippen LogP contribution in [-0.4, -0.2) is 60.8 Å². The lowest BCUT2D eigenvalue weighted by molar-refractivity contribution is -0.0184. The van der Waals surface area contributed by atoms with Gasteiger partial charge >= 0.3 is 0 Å². The molecule has 3 heterocycles. The van der Waals surface area contributed by atoms with E-state index in [2.05, 4.69) is 16.7 Å². The molecule has 98 valence electrons. The Labute approximate surface area is 105 Å². The molecule has 0 N–H and O–H groups in total. The van der Waals surface area contributed by atoms with Crippen LogP contribution in [0.25, 0.3) is 0 Å². The number of ether oxygens (including phenoxy) is 1. The maximum absolute atomic E-state index is 5.68. The van der Waals surface area contributed by atoms with Crippen LogP contribution < -0.4 is 0 Å². The van der Waals surface area contributed by atoms with E-state index in [1.807, 2.05) is 0 Å². The van der Waals surface area contributed by atoms with Gasteiger partial charge in [0.05, 0.1) is 6.10 Å².